The monoisotopic (exact) mass is 400 g/mol. The standard InChI is InChI=1S/C14H10Br2O4/c15-13(16)5-9-10(14(19,20)6-13)12(18)8-4-2-1-3-7(8)11(9)17/h1-4,19-20H,5-6H2. The van der Waals surface area contributed by atoms with Gasteiger partial charge in [-0.15, -0.1) is 0 Å². The van der Waals surface area contributed by atoms with E-state index >= 15 is 0 Å². The Labute approximate surface area is 131 Å². The van der Waals surface area contributed by atoms with Crippen LogP contribution >= 0.6 is 31.9 Å². The molecule has 104 valence electrons. The van der Waals surface area contributed by atoms with Gasteiger partial charge in [-0.3, -0.25) is 9.59 Å². The Morgan fingerprint density at radius 3 is 2.15 bits per heavy atom. The van der Waals surface area contributed by atoms with Gasteiger partial charge in [0.1, 0.15) is 0 Å². The second kappa shape index (κ2) is 4.34. The van der Waals surface area contributed by atoms with E-state index in [4.69, 9.17) is 0 Å². The van der Waals surface area contributed by atoms with Gasteiger partial charge in [0.15, 0.2) is 17.4 Å². The Morgan fingerprint density at radius 1 is 1.00 bits per heavy atom. The SMILES string of the molecule is O=C1C2=C(C(=O)c3ccccc31)C(O)(O)CC(Br)(Br)C2. The number of allylic oxidation sites excluding steroid dienone is 1. The quantitative estimate of drug-likeness (QED) is 0.516. The molecule has 0 heterocycles. The molecule has 0 radical (unpaired) electrons. The molecule has 0 spiro atoms. The van der Waals surface area contributed by atoms with Crippen molar-refractivity contribution in [3.8, 4) is 0 Å². The normalized spacial score (nSPS) is 23.4. The third-order valence-corrected chi connectivity index (χ3v) is 4.68. The zero-order chi connectivity index (χ0) is 14.7. The lowest BCUT2D eigenvalue weighted by Gasteiger charge is -2.39. The van der Waals surface area contributed by atoms with Gasteiger partial charge in [0.2, 0.25) is 0 Å². The lowest BCUT2D eigenvalue weighted by Crippen LogP contribution is -2.47. The second-order valence-corrected chi connectivity index (χ2v) is 9.18. The molecular formula is C14H10Br2O4. The van der Waals surface area contributed by atoms with E-state index < -0.39 is 14.8 Å². The molecule has 0 saturated carbocycles. The highest BCUT2D eigenvalue weighted by Crippen LogP contribution is 2.50. The highest BCUT2D eigenvalue weighted by Gasteiger charge is 2.51. The van der Waals surface area contributed by atoms with Gasteiger partial charge in [0.25, 0.3) is 0 Å². The lowest BCUT2D eigenvalue weighted by molar-refractivity contribution is -0.134. The van der Waals surface area contributed by atoms with Crippen molar-refractivity contribution in [1.82, 2.24) is 0 Å². The first-order valence-corrected chi connectivity index (χ1v) is 7.56. The van der Waals surface area contributed by atoms with Crippen molar-refractivity contribution >= 4 is 43.4 Å². The molecule has 4 nitrogen and oxygen atoms in total. The Bertz CT molecular complexity index is 674. The number of hydrogen-bond donors (Lipinski definition) is 2. The Kier molecular flexibility index (Phi) is 3.06. The molecule has 0 aliphatic heterocycles. The molecule has 2 aliphatic rings. The fourth-order valence-corrected chi connectivity index (χ4v) is 4.13. The molecule has 0 aromatic heterocycles. The summed E-state index contributed by atoms with van der Waals surface area (Å²) in [6.45, 7) is 0. The molecule has 2 aliphatic carbocycles. The minimum absolute atomic E-state index is 0.125. The van der Waals surface area contributed by atoms with Crippen LogP contribution in [0.25, 0.3) is 0 Å². The molecule has 20 heavy (non-hydrogen) atoms. The Balaban J connectivity index is 2.26. The van der Waals surface area contributed by atoms with E-state index in [0.717, 1.165) is 0 Å². The summed E-state index contributed by atoms with van der Waals surface area (Å²) in [6, 6.07) is 6.43. The van der Waals surface area contributed by atoms with E-state index in [-0.39, 0.29) is 35.3 Å². The first-order chi connectivity index (χ1) is 9.23. The van der Waals surface area contributed by atoms with E-state index in [9.17, 15) is 19.8 Å². The van der Waals surface area contributed by atoms with Crippen LogP contribution in [0, 0.1) is 0 Å². The van der Waals surface area contributed by atoms with E-state index in [2.05, 4.69) is 31.9 Å². The number of ketones is 2. The van der Waals surface area contributed by atoms with Gasteiger partial charge in [0.05, 0.1) is 8.81 Å². The van der Waals surface area contributed by atoms with Crippen LogP contribution < -0.4 is 0 Å². The molecule has 3 rings (SSSR count). The fraction of sp³-hybridized carbons (Fsp3) is 0.286. The van der Waals surface area contributed by atoms with Crippen molar-refractivity contribution in [2.24, 2.45) is 0 Å². The Hall–Kier alpha value is -0.820. The third kappa shape index (κ3) is 2.02. The zero-order valence-corrected chi connectivity index (χ0v) is 13.4. The smallest absolute Gasteiger partial charge is 0.196 e. The maximum atomic E-state index is 12.5. The number of hydrogen-bond acceptors (Lipinski definition) is 4. The van der Waals surface area contributed by atoms with E-state index in [1.165, 1.54) is 6.07 Å². The van der Waals surface area contributed by atoms with E-state index in [1.54, 1.807) is 18.2 Å². The molecule has 2 N–H and O–H groups in total. The number of carbonyl (C=O) groups excluding carboxylic acids is 2. The average Bonchev–Trinajstić information content (AvgIpc) is 2.33. The van der Waals surface area contributed by atoms with E-state index in [1.807, 2.05) is 0 Å². The maximum absolute atomic E-state index is 12.5. The number of carbonyl (C=O) groups is 2. The molecule has 6 heteroatoms. The molecule has 0 saturated heterocycles. The highest BCUT2D eigenvalue weighted by molar-refractivity contribution is 9.25. The highest BCUT2D eigenvalue weighted by atomic mass is 79.9. The summed E-state index contributed by atoms with van der Waals surface area (Å²) in [6.07, 6.45) is 0.0874. The van der Waals surface area contributed by atoms with Crippen molar-refractivity contribution in [3.05, 3.63) is 46.5 Å². The van der Waals surface area contributed by atoms with Gasteiger partial charge in [-0.25, -0.2) is 0 Å². The van der Waals surface area contributed by atoms with Crippen molar-refractivity contribution in [2.45, 2.75) is 21.9 Å². The van der Waals surface area contributed by atoms with Gasteiger partial charge >= 0.3 is 0 Å². The summed E-state index contributed by atoms with van der Waals surface area (Å²) in [4.78, 5) is 25.0. The van der Waals surface area contributed by atoms with Crippen LogP contribution in [0.2, 0.25) is 0 Å². The predicted octanol–water partition coefficient (Wildman–Crippen LogP) is 2.32. The number of halogens is 2. The van der Waals surface area contributed by atoms with Crippen molar-refractivity contribution < 1.29 is 19.8 Å². The molecule has 0 amide bonds. The molecule has 0 fully saturated rings. The van der Waals surface area contributed by atoms with Crippen LogP contribution in [0.1, 0.15) is 33.6 Å². The zero-order valence-electron chi connectivity index (χ0n) is 10.2. The Morgan fingerprint density at radius 2 is 1.55 bits per heavy atom. The summed E-state index contributed by atoms with van der Waals surface area (Å²) in [5.41, 5.74) is 0.486. The van der Waals surface area contributed by atoms with Crippen LogP contribution in [0.4, 0.5) is 0 Å². The summed E-state index contributed by atoms with van der Waals surface area (Å²) < 4.78 is -0.815. The fourth-order valence-electron chi connectivity index (χ4n) is 2.79. The van der Waals surface area contributed by atoms with Crippen LogP contribution in [-0.4, -0.2) is 30.8 Å². The average molecular weight is 402 g/mol. The van der Waals surface area contributed by atoms with Gasteiger partial charge in [-0.2, -0.15) is 0 Å². The van der Waals surface area contributed by atoms with Gasteiger partial charge < -0.3 is 10.2 Å². The molecular weight excluding hydrogens is 392 g/mol. The molecule has 1 aromatic carbocycles. The third-order valence-electron chi connectivity index (χ3n) is 3.56. The van der Waals surface area contributed by atoms with Gasteiger partial charge in [0, 0.05) is 29.5 Å². The van der Waals surface area contributed by atoms with Crippen molar-refractivity contribution in [3.63, 3.8) is 0 Å². The molecule has 0 bridgehead atoms. The predicted molar refractivity (Wildman–Crippen MR) is 79.1 cm³/mol. The first kappa shape index (κ1) is 14.1. The van der Waals surface area contributed by atoms with Gasteiger partial charge in [-0.05, 0) is 0 Å². The number of rotatable bonds is 0. The second-order valence-electron chi connectivity index (χ2n) is 5.08. The summed E-state index contributed by atoms with van der Waals surface area (Å²) in [5.74, 6) is -3.15. The van der Waals surface area contributed by atoms with Crippen molar-refractivity contribution in [1.29, 1.82) is 0 Å². The summed E-state index contributed by atoms with van der Waals surface area (Å²) >= 11 is 6.63. The van der Waals surface area contributed by atoms with E-state index in [0.29, 0.717) is 5.56 Å². The van der Waals surface area contributed by atoms with Crippen LogP contribution in [0.5, 0.6) is 0 Å². The number of Topliss-reactive ketones (excluding diaryl/α,β-unsaturated/α-hetero) is 2. The first-order valence-electron chi connectivity index (χ1n) is 5.97. The van der Waals surface area contributed by atoms with Crippen molar-refractivity contribution in [2.75, 3.05) is 0 Å². The van der Waals surface area contributed by atoms with Crippen LogP contribution in [-0.2, 0) is 0 Å². The lowest BCUT2D eigenvalue weighted by atomic mass is 9.74. The number of benzene rings is 1. The summed E-state index contributed by atoms with van der Waals surface area (Å²) in [5, 5.41) is 20.4. The van der Waals surface area contributed by atoms with Gasteiger partial charge in [-0.1, -0.05) is 56.1 Å². The van der Waals surface area contributed by atoms with Crippen LogP contribution in [0.15, 0.2) is 35.4 Å². The molecule has 0 unspecified atom stereocenters. The summed E-state index contributed by atoms with van der Waals surface area (Å²) in [7, 11) is 0. The number of aliphatic hydroxyl groups is 2. The molecule has 0 atom stereocenters. The number of alkyl halides is 2. The number of fused-ring (bicyclic) bond motifs is 1. The topological polar surface area (TPSA) is 74.6 Å². The molecule has 1 aromatic rings. The minimum Gasteiger partial charge on any atom is -0.362 e. The maximum Gasteiger partial charge on any atom is 0.196 e. The van der Waals surface area contributed by atoms with Crippen LogP contribution in [0.3, 0.4) is 0 Å². The largest absolute Gasteiger partial charge is 0.362 e. The minimum atomic E-state index is -2.33.